The summed E-state index contributed by atoms with van der Waals surface area (Å²) in [5, 5.41) is 3.41. The standard InChI is InChI=1S/C20H21FN2O3/c21-15-6-8-16(9-7-15)26-18-12-22-17-10-11-23(19(17)18)20(24)25-13-14-4-2-1-3-5-14/h1-9,17-19,22H,10-13H2/t17-,18+,19+/m1/s1. The molecule has 0 aromatic heterocycles. The predicted molar refractivity (Wildman–Crippen MR) is 94.3 cm³/mol. The Kier molecular flexibility index (Phi) is 4.75. The number of hydrogen-bond donors (Lipinski definition) is 1. The molecule has 0 saturated carbocycles. The van der Waals surface area contributed by atoms with Gasteiger partial charge in [-0.3, -0.25) is 4.90 Å². The van der Waals surface area contributed by atoms with Crippen LogP contribution in [0.5, 0.6) is 5.75 Å². The number of amides is 1. The number of rotatable bonds is 4. The van der Waals surface area contributed by atoms with E-state index in [1.807, 2.05) is 30.3 Å². The van der Waals surface area contributed by atoms with Crippen LogP contribution in [0, 0.1) is 5.82 Å². The van der Waals surface area contributed by atoms with Gasteiger partial charge in [0.05, 0.1) is 6.04 Å². The van der Waals surface area contributed by atoms with Gasteiger partial charge in [-0.05, 0) is 36.2 Å². The second-order valence-electron chi connectivity index (χ2n) is 6.64. The van der Waals surface area contributed by atoms with E-state index in [4.69, 9.17) is 9.47 Å². The molecule has 136 valence electrons. The van der Waals surface area contributed by atoms with Gasteiger partial charge in [0, 0.05) is 19.1 Å². The summed E-state index contributed by atoms with van der Waals surface area (Å²) in [4.78, 5) is 14.3. The molecule has 0 spiro atoms. The molecule has 2 aliphatic rings. The van der Waals surface area contributed by atoms with Gasteiger partial charge in [0.15, 0.2) is 0 Å². The summed E-state index contributed by atoms with van der Waals surface area (Å²) in [6.07, 6.45) is 0.365. The van der Waals surface area contributed by atoms with E-state index in [9.17, 15) is 9.18 Å². The third-order valence-electron chi connectivity index (χ3n) is 4.96. The summed E-state index contributed by atoms with van der Waals surface area (Å²) < 4.78 is 24.6. The number of carbonyl (C=O) groups excluding carboxylic acids is 1. The van der Waals surface area contributed by atoms with Crippen molar-refractivity contribution < 1.29 is 18.7 Å². The SMILES string of the molecule is O=C(OCc1ccccc1)N1CC[C@H]2NC[C@H](Oc3ccc(F)cc3)[C@H]21. The molecule has 2 aliphatic heterocycles. The molecule has 2 saturated heterocycles. The van der Waals surface area contributed by atoms with Crippen LogP contribution < -0.4 is 10.1 Å². The lowest BCUT2D eigenvalue weighted by molar-refractivity contribution is 0.0681. The van der Waals surface area contributed by atoms with Crippen molar-refractivity contribution in [2.24, 2.45) is 0 Å². The number of benzene rings is 2. The number of nitrogens with zero attached hydrogens (tertiary/aromatic N) is 1. The topological polar surface area (TPSA) is 50.8 Å². The molecule has 4 rings (SSSR count). The molecule has 1 N–H and O–H groups in total. The maximum Gasteiger partial charge on any atom is 0.410 e. The van der Waals surface area contributed by atoms with Gasteiger partial charge in [0.25, 0.3) is 0 Å². The molecule has 3 atom stereocenters. The van der Waals surface area contributed by atoms with Gasteiger partial charge in [-0.1, -0.05) is 30.3 Å². The largest absolute Gasteiger partial charge is 0.487 e. The fraction of sp³-hybridized carbons (Fsp3) is 0.350. The van der Waals surface area contributed by atoms with Crippen LogP contribution in [-0.4, -0.2) is 42.3 Å². The average molecular weight is 356 g/mol. The minimum atomic E-state index is -0.322. The van der Waals surface area contributed by atoms with Crippen molar-refractivity contribution in [3.8, 4) is 5.75 Å². The van der Waals surface area contributed by atoms with Crippen LogP contribution >= 0.6 is 0 Å². The first-order chi connectivity index (χ1) is 12.7. The van der Waals surface area contributed by atoms with Crippen molar-refractivity contribution in [2.45, 2.75) is 31.2 Å². The van der Waals surface area contributed by atoms with Crippen molar-refractivity contribution in [1.29, 1.82) is 0 Å². The van der Waals surface area contributed by atoms with Crippen molar-refractivity contribution in [3.63, 3.8) is 0 Å². The summed E-state index contributed by atoms with van der Waals surface area (Å²) in [6, 6.07) is 15.7. The Labute approximate surface area is 151 Å². The van der Waals surface area contributed by atoms with E-state index in [2.05, 4.69) is 5.32 Å². The van der Waals surface area contributed by atoms with Gasteiger partial charge in [-0.15, -0.1) is 0 Å². The lowest BCUT2D eigenvalue weighted by Crippen LogP contribution is -2.46. The van der Waals surface area contributed by atoms with Crippen molar-refractivity contribution in [2.75, 3.05) is 13.1 Å². The van der Waals surface area contributed by atoms with Gasteiger partial charge in [0.2, 0.25) is 0 Å². The van der Waals surface area contributed by atoms with Crippen LogP contribution in [-0.2, 0) is 11.3 Å². The normalized spacial score (nSPS) is 24.3. The van der Waals surface area contributed by atoms with Crippen LogP contribution in [0.2, 0.25) is 0 Å². The highest BCUT2D eigenvalue weighted by atomic mass is 19.1. The molecule has 0 radical (unpaired) electrons. The van der Waals surface area contributed by atoms with Crippen molar-refractivity contribution in [1.82, 2.24) is 10.2 Å². The number of carbonyl (C=O) groups is 1. The second kappa shape index (κ2) is 7.33. The number of hydrogen-bond acceptors (Lipinski definition) is 4. The molecule has 0 aliphatic carbocycles. The predicted octanol–water partition coefficient (Wildman–Crippen LogP) is 2.96. The molecule has 2 aromatic rings. The van der Waals surface area contributed by atoms with E-state index in [1.54, 1.807) is 17.0 Å². The van der Waals surface area contributed by atoms with Crippen LogP contribution in [0.3, 0.4) is 0 Å². The third-order valence-corrected chi connectivity index (χ3v) is 4.96. The summed E-state index contributed by atoms with van der Waals surface area (Å²) in [6.45, 7) is 1.54. The van der Waals surface area contributed by atoms with Crippen molar-refractivity contribution >= 4 is 6.09 Å². The number of nitrogens with one attached hydrogen (secondary N) is 1. The second-order valence-corrected chi connectivity index (χ2v) is 6.64. The molecule has 5 nitrogen and oxygen atoms in total. The Morgan fingerprint density at radius 1 is 1.15 bits per heavy atom. The molecule has 0 bridgehead atoms. The molecule has 6 heteroatoms. The zero-order chi connectivity index (χ0) is 17.9. The molecule has 1 amide bonds. The van der Waals surface area contributed by atoms with Crippen molar-refractivity contribution in [3.05, 3.63) is 66.0 Å². The Hall–Kier alpha value is -2.60. The minimum absolute atomic E-state index is 0.0803. The highest BCUT2D eigenvalue weighted by Crippen LogP contribution is 2.29. The monoisotopic (exact) mass is 356 g/mol. The maximum atomic E-state index is 13.1. The minimum Gasteiger partial charge on any atom is -0.487 e. The number of likely N-dealkylation sites (tertiary alicyclic amines) is 1. The molecular weight excluding hydrogens is 335 g/mol. The van der Waals surface area contributed by atoms with Gasteiger partial charge in [-0.25, -0.2) is 9.18 Å². The number of halogens is 1. The van der Waals surface area contributed by atoms with Crippen LogP contribution in [0.25, 0.3) is 0 Å². The van der Waals surface area contributed by atoms with Gasteiger partial charge in [0.1, 0.15) is 24.3 Å². The van der Waals surface area contributed by atoms with E-state index in [-0.39, 0.29) is 36.7 Å². The van der Waals surface area contributed by atoms with E-state index >= 15 is 0 Å². The third kappa shape index (κ3) is 3.51. The first-order valence-electron chi connectivity index (χ1n) is 8.83. The van der Waals surface area contributed by atoms with E-state index in [0.29, 0.717) is 18.8 Å². The zero-order valence-electron chi connectivity index (χ0n) is 14.3. The lowest BCUT2D eigenvalue weighted by atomic mass is 10.1. The van der Waals surface area contributed by atoms with Crippen LogP contribution in [0.1, 0.15) is 12.0 Å². The molecule has 2 aromatic carbocycles. The first-order valence-corrected chi connectivity index (χ1v) is 8.83. The Morgan fingerprint density at radius 2 is 1.92 bits per heavy atom. The highest BCUT2D eigenvalue weighted by molar-refractivity contribution is 5.69. The number of ether oxygens (including phenoxy) is 2. The fourth-order valence-corrected chi connectivity index (χ4v) is 3.70. The summed E-state index contributed by atoms with van der Waals surface area (Å²) in [7, 11) is 0. The van der Waals surface area contributed by atoms with E-state index < -0.39 is 0 Å². The van der Waals surface area contributed by atoms with Gasteiger partial charge in [-0.2, -0.15) is 0 Å². The molecule has 2 heterocycles. The van der Waals surface area contributed by atoms with Gasteiger partial charge >= 0.3 is 6.09 Å². The molecular formula is C20H21FN2O3. The first kappa shape index (κ1) is 16.8. The smallest absolute Gasteiger partial charge is 0.410 e. The Morgan fingerprint density at radius 3 is 2.69 bits per heavy atom. The molecule has 0 unspecified atom stereocenters. The average Bonchev–Trinajstić information content (AvgIpc) is 3.25. The Balaban J connectivity index is 1.40. The van der Waals surface area contributed by atoms with E-state index in [0.717, 1.165) is 12.0 Å². The zero-order valence-corrected chi connectivity index (χ0v) is 14.3. The highest BCUT2D eigenvalue weighted by Gasteiger charge is 2.48. The lowest BCUT2D eigenvalue weighted by Gasteiger charge is -2.28. The van der Waals surface area contributed by atoms with Crippen LogP contribution in [0.4, 0.5) is 9.18 Å². The molecule has 26 heavy (non-hydrogen) atoms. The summed E-state index contributed by atoms with van der Waals surface area (Å²) in [5.74, 6) is 0.301. The summed E-state index contributed by atoms with van der Waals surface area (Å²) in [5.41, 5.74) is 0.959. The fourth-order valence-electron chi connectivity index (χ4n) is 3.70. The quantitative estimate of drug-likeness (QED) is 0.915. The molecule has 2 fully saturated rings. The number of fused-ring (bicyclic) bond motifs is 1. The summed E-state index contributed by atoms with van der Waals surface area (Å²) >= 11 is 0. The Bertz CT molecular complexity index is 753. The maximum absolute atomic E-state index is 13.1. The van der Waals surface area contributed by atoms with Crippen LogP contribution in [0.15, 0.2) is 54.6 Å². The van der Waals surface area contributed by atoms with Gasteiger partial charge < -0.3 is 14.8 Å². The van der Waals surface area contributed by atoms with E-state index in [1.165, 1.54) is 12.1 Å².